The fourth-order valence-electron chi connectivity index (χ4n) is 2.41. The van der Waals surface area contributed by atoms with E-state index < -0.39 is 5.97 Å². The van der Waals surface area contributed by atoms with E-state index in [-0.39, 0.29) is 35.3 Å². The van der Waals surface area contributed by atoms with Crippen molar-refractivity contribution >= 4 is 23.2 Å². The molecule has 0 fully saturated rings. The molecule has 138 valence electrons. The van der Waals surface area contributed by atoms with Crippen LogP contribution in [-0.4, -0.2) is 29.1 Å². The van der Waals surface area contributed by atoms with E-state index in [1.165, 1.54) is 36.6 Å². The number of nitrogens with zero attached hydrogens (tertiary/aromatic N) is 1. The fraction of sp³-hybridized carbons (Fsp3) is 0.105. The number of methoxy groups -OCH3 is 1. The van der Waals surface area contributed by atoms with Crippen LogP contribution in [0.25, 0.3) is 10.6 Å². The number of aromatic carboxylic acids is 1. The van der Waals surface area contributed by atoms with Crippen LogP contribution in [0.15, 0.2) is 47.8 Å². The first-order chi connectivity index (χ1) is 13.0. The molecule has 0 aliphatic rings. The van der Waals surface area contributed by atoms with Gasteiger partial charge in [-0.1, -0.05) is 6.07 Å². The van der Waals surface area contributed by atoms with Gasteiger partial charge in [-0.25, -0.2) is 14.2 Å². The molecule has 1 heterocycles. The number of carbonyl (C=O) groups excluding carboxylic acids is 1. The third-order valence-corrected chi connectivity index (χ3v) is 4.67. The molecule has 0 aliphatic carbocycles. The van der Waals surface area contributed by atoms with Gasteiger partial charge in [-0.2, -0.15) is 0 Å². The summed E-state index contributed by atoms with van der Waals surface area (Å²) >= 11 is 1.28. The summed E-state index contributed by atoms with van der Waals surface area (Å²) in [6.07, 6.45) is 0. The molecule has 0 atom stereocenters. The van der Waals surface area contributed by atoms with Crippen molar-refractivity contribution in [2.24, 2.45) is 0 Å². The maximum Gasteiger partial charge on any atom is 0.339 e. The Hall–Kier alpha value is -3.26. The second kappa shape index (κ2) is 7.96. The Kier molecular flexibility index (Phi) is 5.46. The van der Waals surface area contributed by atoms with Crippen molar-refractivity contribution in [3.05, 3.63) is 70.5 Å². The highest BCUT2D eigenvalue weighted by Gasteiger charge is 2.14. The SMILES string of the molecule is COc1ccc(CNC(=O)c2csc(-c3ccc(F)cc3)n2)cc1C(=O)O. The molecule has 3 rings (SSSR count). The highest BCUT2D eigenvalue weighted by Crippen LogP contribution is 2.24. The van der Waals surface area contributed by atoms with Gasteiger partial charge in [-0.3, -0.25) is 4.79 Å². The van der Waals surface area contributed by atoms with Crippen molar-refractivity contribution in [1.29, 1.82) is 0 Å². The van der Waals surface area contributed by atoms with Gasteiger partial charge in [0.25, 0.3) is 5.91 Å². The minimum atomic E-state index is -1.11. The monoisotopic (exact) mass is 386 g/mol. The maximum atomic E-state index is 13.0. The van der Waals surface area contributed by atoms with Crippen LogP contribution in [-0.2, 0) is 6.54 Å². The molecule has 0 bridgehead atoms. The van der Waals surface area contributed by atoms with Gasteiger partial charge in [0.15, 0.2) is 0 Å². The number of carboxylic acids is 1. The third kappa shape index (κ3) is 4.29. The maximum absolute atomic E-state index is 13.0. The summed E-state index contributed by atoms with van der Waals surface area (Å²) < 4.78 is 18.0. The summed E-state index contributed by atoms with van der Waals surface area (Å²) in [6.45, 7) is 0.145. The van der Waals surface area contributed by atoms with Gasteiger partial charge >= 0.3 is 5.97 Å². The highest BCUT2D eigenvalue weighted by atomic mass is 32.1. The van der Waals surface area contributed by atoms with Gasteiger partial charge in [0.2, 0.25) is 0 Å². The van der Waals surface area contributed by atoms with Crippen LogP contribution < -0.4 is 10.1 Å². The van der Waals surface area contributed by atoms with E-state index in [2.05, 4.69) is 10.3 Å². The number of amides is 1. The summed E-state index contributed by atoms with van der Waals surface area (Å²) in [5.74, 6) is -1.58. The van der Waals surface area contributed by atoms with E-state index in [0.29, 0.717) is 10.6 Å². The first-order valence-corrected chi connectivity index (χ1v) is 8.76. The Balaban J connectivity index is 1.69. The summed E-state index contributed by atoms with van der Waals surface area (Å²) in [5.41, 5.74) is 1.61. The number of carbonyl (C=O) groups is 2. The van der Waals surface area contributed by atoms with E-state index in [4.69, 9.17) is 4.74 Å². The molecule has 6 nitrogen and oxygen atoms in total. The number of aromatic nitrogens is 1. The van der Waals surface area contributed by atoms with E-state index in [1.54, 1.807) is 29.6 Å². The fourth-order valence-corrected chi connectivity index (χ4v) is 3.21. The van der Waals surface area contributed by atoms with E-state index >= 15 is 0 Å². The lowest BCUT2D eigenvalue weighted by Gasteiger charge is -2.08. The van der Waals surface area contributed by atoms with Gasteiger partial charge in [-0.05, 0) is 42.0 Å². The standard InChI is InChI=1S/C19H15FN2O4S/c1-26-16-7-2-11(8-14(16)19(24)25)9-21-17(23)15-10-27-18(22-15)12-3-5-13(20)6-4-12/h2-8,10H,9H2,1H3,(H,21,23)(H,24,25). The van der Waals surface area contributed by atoms with Crippen molar-refractivity contribution in [2.45, 2.75) is 6.54 Å². The number of hydrogen-bond donors (Lipinski definition) is 2. The number of thiazole rings is 1. The lowest BCUT2D eigenvalue weighted by Crippen LogP contribution is -2.23. The first-order valence-electron chi connectivity index (χ1n) is 7.88. The predicted molar refractivity (Wildman–Crippen MR) is 98.6 cm³/mol. The predicted octanol–water partition coefficient (Wildman–Crippen LogP) is 3.59. The molecule has 8 heteroatoms. The molecule has 0 unspecified atom stereocenters. The Bertz CT molecular complexity index is 986. The van der Waals surface area contributed by atoms with Crippen molar-refractivity contribution in [1.82, 2.24) is 10.3 Å². The molecule has 0 aliphatic heterocycles. The van der Waals surface area contributed by atoms with Crippen LogP contribution in [0.4, 0.5) is 4.39 Å². The zero-order valence-electron chi connectivity index (χ0n) is 14.2. The molecule has 3 aromatic rings. The number of carboxylic acid groups (broad SMARTS) is 1. The van der Waals surface area contributed by atoms with E-state index in [9.17, 15) is 19.1 Å². The number of ether oxygens (including phenoxy) is 1. The summed E-state index contributed by atoms with van der Waals surface area (Å²) in [4.78, 5) is 27.8. The second-order valence-electron chi connectivity index (χ2n) is 5.57. The van der Waals surface area contributed by atoms with Crippen LogP contribution in [0.1, 0.15) is 26.4 Å². The molecule has 1 aromatic heterocycles. The van der Waals surface area contributed by atoms with Gasteiger partial charge in [0, 0.05) is 17.5 Å². The molecule has 0 spiro atoms. The van der Waals surface area contributed by atoms with E-state index in [0.717, 1.165) is 5.56 Å². The summed E-state index contributed by atoms with van der Waals surface area (Å²) in [5, 5.41) is 14.1. The minimum absolute atomic E-state index is 0.0245. The average Bonchev–Trinajstić information content (AvgIpc) is 3.16. The molecule has 2 aromatic carbocycles. The molecular formula is C19H15FN2O4S. The zero-order chi connectivity index (χ0) is 19.4. The van der Waals surface area contributed by atoms with Gasteiger partial charge < -0.3 is 15.2 Å². The van der Waals surface area contributed by atoms with Crippen LogP contribution in [0.2, 0.25) is 0 Å². The topological polar surface area (TPSA) is 88.5 Å². The molecule has 0 radical (unpaired) electrons. The van der Waals surface area contributed by atoms with Crippen molar-refractivity contribution < 1.29 is 23.8 Å². The van der Waals surface area contributed by atoms with Crippen LogP contribution in [0.3, 0.4) is 0 Å². The normalized spacial score (nSPS) is 10.4. The Labute approximate surface area is 158 Å². The van der Waals surface area contributed by atoms with Crippen molar-refractivity contribution in [3.8, 4) is 16.3 Å². The zero-order valence-corrected chi connectivity index (χ0v) is 15.0. The van der Waals surface area contributed by atoms with Crippen LogP contribution in [0.5, 0.6) is 5.75 Å². The lowest BCUT2D eigenvalue weighted by atomic mass is 10.1. The van der Waals surface area contributed by atoms with Crippen LogP contribution >= 0.6 is 11.3 Å². The van der Waals surface area contributed by atoms with Crippen molar-refractivity contribution in [3.63, 3.8) is 0 Å². The Morgan fingerprint density at radius 3 is 2.63 bits per heavy atom. The smallest absolute Gasteiger partial charge is 0.339 e. The molecule has 0 saturated heterocycles. The number of halogens is 1. The minimum Gasteiger partial charge on any atom is -0.496 e. The molecule has 27 heavy (non-hydrogen) atoms. The highest BCUT2D eigenvalue weighted by molar-refractivity contribution is 7.13. The number of hydrogen-bond acceptors (Lipinski definition) is 5. The molecule has 0 saturated carbocycles. The average molecular weight is 386 g/mol. The van der Waals surface area contributed by atoms with E-state index in [1.807, 2.05) is 0 Å². The second-order valence-corrected chi connectivity index (χ2v) is 6.43. The summed E-state index contributed by atoms with van der Waals surface area (Å²) in [7, 11) is 1.39. The number of benzene rings is 2. The van der Waals surface area contributed by atoms with Gasteiger partial charge in [0.1, 0.15) is 27.8 Å². The van der Waals surface area contributed by atoms with Gasteiger partial charge in [0.05, 0.1) is 7.11 Å². The number of nitrogens with one attached hydrogen (secondary N) is 1. The molecule has 2 N–H and O–H groups in total. The largest absolute Gasteiger partial charge is 0.496 e. The van der Waals surface area contributed by atoms with Crippen LogP contribution in [0, 0.1) is 5.82 Å². The number of rotatable bonds is 6. The Morgan fingerprint density at radius 1 is 1.22 bits per heavy atom. The Morgan fingerprint density at radius 2 is 1.96 bits per heavy atom. The molecule has 1 amide bonds. The summed E-state index contributed by atoms with van der Waals surface area (Å²) in [6, 6.07) is 10.5. The van der Waals surface area contributed by atoms with Gasteiger partial charge in [-0.15, -0.1) is 11.3 Å². The third-order valence-electron chi connectivity index (χ3n) is 3.78. The first kappa shape index (κ1) is 18.5. The molecular weight excluding hydrogens is 371 g/mol. The quantitative estimate of drug-likeness (QED) is 0.676. The lowest BCUT2D eigenvalue weighted by molar-refractivity contribution is 0.0693. The van der Waals surface area contributed by atoms with Crippen molar-refractivity contribution in [2.75, 3.05) is 7.11 Å².